The summed E-state index contributed by atoms with van der Waals surface area (Å²) in [6.07, 6.45) is -1.24. The van der Waals surface area contributed by atoms with Crippen LogP contribution in [0.2, 0.25) is 0 Å². The van der Waals surface area contributed by atoms with Crippen molar-refractivity contribution in [1.29, 1.82) is 0 Å². The number of nitrogens with zero attached hydrogens (tertiary/aromatic N) is 1. The van der Waals surface area contributed by atoms with Gasteiger partial charge in [0.1, 0.15) is 18.0 Å². The van der Waals surface area contributed by atoms with E-state index in [1.807, 2.05) is 0 Å². The van der Waals surface area contributed by atoms with Gasteiger partial charge in [-0.05, 0) is 30.5 Å². The number of halogens is 1. The predicted octanol–water partition coefficient (Wildman–Crippen LogP) is 0.417. The molecule has 2 saturated heterocycles. The Morgan fingerprint density at radius 3 is 2.48 bits per heavy atom. The Labute approximate surface area is 146 Å². The number of hydrogen-bond acceptors (Lipinski definition) is 5. The molecule has 0 spiro atoms. The van der Waals surface area contributed by atoms with E-state index >= 15 is 0 Å². The standard InChI is InChI=1S/C18H25FN2O4/c19-13-5-3-12(4-6-13)10-20-11-15-18(24)17(23)14(25-15)9-16(22)21-7-1-2-8-21/h3-6,14-15,17-18,20,23-24H,1-2,7-11H2/t14-,15+,17-,18+/m0/s1. The highest BCUT2D eigenvalue weighted by molar-refractivity contribution is 5.77. The predicted molar refractivity (Wildman–Crippen MR) is 89.2 cm³/mol. The summed E-state index contributed by atoms with van der Waals surface area (Å²) >= 11 is 0. The first-order valence-electron chi connectivity index (χ1n) is 8.79. The van der Waals surface area contributed by atoms with E-state index < -0.39 is 24.4 Å². The lowest BCUT2D eigenvalue weighted by molar-refractivity contribution is -0.134. The van der Waals surface area contributed by atoms with E-state index in [1.54, 1.807) is 17.0 Å². The van der Waals surface area contributed by atoms with Crippen LogP contribution in [-0.2, 0) is 16.1 Å². The second-order valence-electron chi connectivity index (χ2n) is 6.74. The summed E-state index contributed by atoms with van der Waals surface area (Å²) in [5.41, 5.74) is 0.912. The van der Waals surface area contributed by atoms with Crippen molar-refractivity contribution in [3.63, 3.8) is 0 Å². The lowest BCUT2D eigenvalue weighted by Gasteiger charge is -2.19. The van der Waals surface area contributed by atoms with Crippen molar-refractivity contribution < 1.29 is 24.1 Å². The van der Waals surface area contributed by atoms with E-state index in [0.717, 1.165) is 31.5 Å². The van der Waals surface area contributed by atoms with Gasteiger partial charge in [0.05, 0.1) is 18.6 Å². The van der Waals surface area contributed by atoms with Crippen molar-refractivity contribution in [1.82, 2.24) is 10.2 Å². The summed E-state index contributed by atoms with van der Waals surface area (Å²) in [5.74, 6) is -0.319. The number of likely N-dealkylation sites (tertiary alicyclic amines) is 1. The highest BCUT2D eigenvalue weighted by Gasteiger charge is 2.43. The van der Waals surface area contributed by atoms with Crippen molar-refractivity contribution in [2.24, 2.45) is 0 Å². The van der Waals surface area contributed by atoms with E-state index in [1.165, 1.54) is 12.1 Å². The molecular weight excluding hydrogens is 327 g/mol. The maximum absolute atomic E-state index is 12.9. The van der Waals surface area contributed by atoms with Crippen LogP contribution in [0.15, 0.2) is 24.3 Å². The van der Waals surface area contributed by atoms with Crippen LogP contribution in [-0.4, -0.2) is 65.1 Å². The number of hydrogen-bond donors (Lipinski definition) is 3. The van der Waals surface area contributed by atoms with Gasteiger partial charge in [-0.2, -0.15) is 0 Å². The third-order valence-electron chi connectivity index (χ3n) is 4.88. The average molecular weight is 352 g/mol. The normalized spacial score (nSPS) is 29.3. The van der Waals surface area contributed by atoms with Crippen LogP contribution in [0, 0.1) is 5.82 Å². The van der Waals surface area contributed by atoms with Crippen LogP contribution in [0.5, 0.6) is 0 Å². The molecular formula is C18H25FN2O4. The zero-order chi connectivity index (χ0) is 17.8. The molecule has 0 radical (unpaired) electrons. The minimum absolute atomic E-state index is 0.0336. The molecule has 1 amide bonds. The molecule has 7 heteroatoms. The molecule has 4 atom stereocenters. The van der Waals surface area contributed by atoms with Gasteiger partial charge in [0, 0.05) is 26.2 Å². The minimum Gasteiger partial charge on any atom is -0.388 e. The number of ether oxygens (including phenoxy) is 1. The Morgan fingerprint density at radius 2 is 1.80 bits per heavy atom. The number of carbonyl (C=O) groups is 1. The summed E-state index contributed by atoms with van der Waals surface area (Å²) in [6, 6.07) is 6.14. The van der Waals surface area contributed by atoms with Gasteiger partial charge in [-0.1, -0.05) is 12.1 Å². The van der Waals surface area contributed by atoms with Crippen molar-refractivity contribution in [3.8, 4) is 0 Å². The summed E-state index contributed by atoms with van der Waals surface area (Å²) < 4.78 is 18.6. The smallest absolute Gasteiger partial charge is 0.225 e. The van der Waals surface area contributed by atoms with Gasteiger partial charge in [-0.25, -0.2) is 4.39 Å². The molecule has 1 aromatic carbocycles. The van der Waals surface area contributed by atoms with Crippen molar-refractivity contribution in [3.05, 3.63) is 35.6 Å². The Balaban J connectivity index is 1.46. The molecule has 6 nitrogen and oxygen atoms in total. The molecule has 3 rings (SSSR count). The van der Waals surface area contributed by atoms with Crippen LogP contribution >= 0.6 is 0 Å². The molecule has 0 saturated carbocycles. The van der Waals surface area contributed by atoms with Gasteiger partial charge >= 0.3 is 0 Å². The van der Waals surface area contributed by atoms with Crippen LogP contribution in [0.1, 0.15) is 24.8 Å². The Bertz CT molecular complexity index is 577. The van der Waals surface area contributed by atoms with Gasteiger partial charge < -0.3 is 25.2 Å². The molecule has 138 valence electrons. The van der Waals surface area contributed by atoms with Crippen LogP contribution in [0.4, 0.5) is 4.39 Å². The van der Waals surface area contributed by atoms with E-state index in [4.69, 9.17) is 4.74 Å². The maximum atomic E-state index is 12.9. The fraction of sp³-hybridized carbons (Fsp3) is 0.611. The molecule has 2 aliphatic heterocycles. The van der Waals surface area contributed by atoms with Gasteiger partial charge in [-0.15, -0.1) is 0 Å². The number of rotatable bonds is 6. The van der Waals surface area contributed by atoms with E-state index in [0.29, 0.717) is 13.1 Å². The summed E-state index contributed by atoms with van der Waals surface area (Å²) in [5, 5.41) is 23.4. The first-order chi connectivity index (χ1) is 12.0. The molecule has 0 bridgehead atoms. The molecule has 2 heterocycles. The van der Waals surface area contributed by atoms with Crippen LogP contribution < -0.4 is 5.32 Å². The van der Waals surface area contributed by atoms with Crippen molar-refractivity contribution >= 4 is 5.91 Å². The van der Waals surface area contributed by atoms with Gasteiger partial charge in [-0.3, -0.25) is 4.79 Å². The second-order valence-corrected chi connectivity index (χ2v) is 6.74. The maximum Gasteiger partial charge on any atom is 0.225 e. The zero-order valence-electron chi connectivity index (χ0n) is 14.1. The van der Waals surface area contributed by atoms with Crippen molar-refractivity contribution in [2.75, 3.05) is 19.6 Å². The molecule has 0 aliphatic carbocycles. The van der Waals surface area contributed by atoms with Crippen LogP contribution in [0.25, 0.3) is 0 Å². The minimum atomic E-state index is -1.07. The van der Waals surface area contributed by atoms with Crippen LogP contribution in [0.3, 0.4) is 0 Å². The summed E-state index contributed by atoms with van der Waals surface area (Å²) in [4.78, 5) is 14.0. The average Bonchev–Trinajstić information content (AvgIpc) is 3.22. The monoisotopic (exact) mass is 352 g/mol. The van der Waals surface area contributed by atoms with E-state index in [-0.39, 0.29) is 18.1 Å². The third-order valence-corrected chi connectivity index (χ3v) is 4.88. The van der Waals surface area contributed by atoms with E-state index in [2.05, 4.69) is 5.32 Å². The first-order valence-corrected chi connectivity index (χ1v) is 8.79. The molecule has 25 heavy (non-hydrogen) atoms. The van der Waals surface area contributed by atoms with Gasteiger partial charge in [0.25, 0.3) is 0 Å². The molecule has 2 aliphatic rings. The Hall–Kier alpha value is -1.54. The molecule has 0 unspecified atom stereocenters. The highest BCUT2D eigenvalue weighted by Crippen LogP contribution is 2.24. The molecule has 2 fully saturated rings. The number of aliphatic hydroxyl groups excluding tert-OH is 2. The fourth-order valence-electron chi connectivity index (χ4n) is 3.39. The SMILES string of the molecule is O=C(C[C@@H]1O[C@H](CNCc2ccc(F)cc2)[C@@H](O)[C@H]1O)N1CCCC1. The lowest BCUT2D eigenvalue weighted by atomic mass is 10.0. The first kappa shape index (κ1) is 18.3. The Kier molecular flexibility index (Phi) is 6.01. The van der Waals surface area contributed by atoms with Crippen molar-refractivity contribution in [2.45, 2.75) is 50.2 Å². The number of aliphatic hydroxyl groups is 2. The zero-order valence-corrected chi connectivity index (χ0v) is 14.1. The Morgan fingerprint density at radius 1 is 1.16 bits per heavy atom. The highest BCUT2D eigenvalue weighted by atomic mass is 19.1. The van der Waals surface area contributed by atoms with Gasteiger partial charge in [0.2, 0.25) is 5.91 Å². The number of benzene rings is 1. The third kappa shape index (κ3) is 4.55. The molecule has 3 N–H and O–H groups in total. The number of carbonyl (C=O) groups excluding carboxylic acids is 1. The summed E-state index contributed by atoms with van der Waals surface area (Å²) in [6.45, 7) is 2.35. The van der Waals surface area contributed by atoms with E-state index in [9.17, 15) is 19.4 Å². The number of amides is 1. The fourth-order valence-corrected chi connectivity index (χ4v) is 3.39. The quantitative estimate of drug-likeness (QED) is 0.691. The summed E-state index contributed by atoms with van der Waals surface area (Å²) in [7, 11) is 0. The van der Waals surface area contributed by atoms with Gasteiger partial charge in [0.15, 0.2) is 0 Å². The number of nitrogens with one attached hydrogen (secondary N) is 1. The molecule has 0 aromatic heterocycles. The molecule has 1 aromatic rings. The lowest BCUT2D eigenvalue weighted by Crippen LogP contribution is -2.38. The second kappa shape index (κ2) is 8.23. The largest absolute Gasteiger partial charge is 0.388 e. The topological polar surface area (TPSA) is 82.0 Å².